The molecule has 4 rings (SSSR count). The maximum atomic E-state index is 13.2. The molecule has 1 aromatic heterocycles. The fourth-order valence-corrected chi connectivity index (χ4v) is 3.58. The van der Waals surface area contributed by atoms with Crippen molar-refractivity contribution in [3.63, 3.8) is 0 Å². The summed E-state index contributed by atoms with van der Waals surface area (Å²) in [4.78, 5) is 10.7. The minimum absolute atomic E-state index is 0.118. The number of nitrogens with zero attached hydrogens (tertiary/aromatic N) is 2. The first-order valence-electron chi connectivity index (χ1n) is 10.8. The van der Waals surface area contributed by atoms with Crippen LogP contribution >= 0.6 is 0 Å². The first kappa shape index (κ1) is 22.3. The minimum atomic E-state index is -0.800. The number of carboxylic acid groups (broad SMARTS) is 1. The van der Waals surface area contributed by atoms with Crippen molar-refractivity contribution in [2.75, 3.05) is 0 Å². The van der Waals surface area contributed by atoms with Gasteiger partial charge >= 0.3 is 5.97 Å². The lowest BCUT2D eigenvalue weighted by atomic mass is 10.1. The lowest BCUT2D eigenvalue weighted by Gasteiger charge is -2.10. The molecule has 0 saturated carbocycles. The van der Waals surface area contributed by atoms with Gasteiger partial charge in [0.15, 0.2) is 0 Å². The zero-order valence-electron chi connectivity index (χ0n) is 18.2. The molecule has 0 aliphatic rings. The summed E-state index contributed by atoms with van der Waals surface area (Å²) in [5.41, 5.74) is 5.38. The minimum Gasteiger partial charge on any atom is -0.489 e. The van der Waals surface area contributed by atoms with Gasteiger partial charge in [0.25, 0.3) is 0 Å². The van der Waals surface area contributed by atoms with Crippen molar-refractivity contribution in [1.82, 2.24) is 9.78 Å². The third kappa shape index (κ3) is 6.07. The van der Waals surface area contributed by atoms with Crippen LogP contribution in [0.5, 0.6) is 5.75 Å². The first-order chi connectivity index (χ1) is 16.1. The van der Waals surface area contributed by atoms with E-state index < -0.39 is 12.6 Å². The Hall–Kier alpha value is -3.93. The predicted octanol–water partition coefficient (Wildman–Crippen LogP) is 5.66. The van der Waals surface area contributed by atoms with Gasteiger partial charge in [-0.25, -0.2) is 4.39 Å². The number of aliphatic carboxylic acids is 1. The van der Waals surface area contributed by atoms with Crippen LogP contribution in [0.15, 0.2) is 84.9 Å². The number of benzene rings is 3. The molecule has 0 fully saturated rings. The molecule has 4 aromatic rings. The van der Waals surface area contributed by atoms with Crippen LogP contribution in [0.4, 0.5) is 4.39 Å². The molecule has 33 heavy (non-hydrogen) atoms. The van der Waals surface area contributed by atoms with E-state index in [1.807, 2.05) is 83.5 Å². The number of aryl methyl sites for hydroxylation is 1. The highest BCUT2D eigenvalue weighted by Crippen LogP contribution is 2.22. The van der Waals surface area contributed by atoms with Gasteiger partial charge in [0.05, 0.1) is 17.9 Å². The van der Waals surface area contributed by atoms with Gasteiger partial charge in [-0.15, -0.1) is 0 Å². The van der Waals surface area contributed by atoms with E-state index in [2.05, 4.69) is 5.10 Å². The molecule has 5 nitrogen and oxygen atoms in total. The second-order valence-electron chi connectivity index (χ2n) is 7.82. The number of ether oxygens (including phenoxy) is 1. The Balaban J connectivity index is 1.37. The molecule has 1 heterocycles. The van der Waals surface area contributed by atoms with Gasteiger partial charge in [-0.3, -0.25) is 9.48 Å². The number of carbonyl (C=O) groups is 1. The van der Waals surface area contributed by atoms with Crippen LogP contribution in [0.1, 0.15) is 28.8 Å². The largest absolute Gasteiger partial charge is 0.489 e. The van der Waals surface area contributed by atoms with Crippen molar-refractivity contribution < 1.29 is 19.0 Å². The molecule has 0 unspecified atom stereocenters. The normalized spacial score (nSPS) is 10.8. The molecule has 0 spiro atoms. The molecular weight excluding hydrogens is 419 g/mol. The SMILES string of the molecule is O=C(O)CCc1ccc(OCc2ccc(Cn3nc(CF)cc3-c3ccccc3)cc2)cc1. The summed E-state index contributed by atoms with van der Waals surface area (Å²) >= 11 is 0. The average molecular weight is 445 g/mol. The van der Waals surface area contributed by atoms with E-state index in [9.17, 15) is 9.18 Å². The summed E-state index contributed by atoms with van der Waals surface area (Å²) in [6.45, 7) is 0.380. The van der Waals surface area contributed by atoms with Gasteiger partial charge in [0.2, 0.25) is 0 Å². The Kier molecular flexibility index (Phi) is 7.15. The van der Waals surface area contributed by atoms with Crippen LogP contribution in [0, 0.1) is 0 Å². The monoisotopic (exact) mass is 444 g/mol. The van der Waals surface area contributed by atoms with Gasteiger partial charge < -0.3 is 9.84 Å². The van der Waals surface area contributed by atoms with Crippen LogP contribution in [0.25, 0.3) is 11.3 Å². The summed E-state index contributed by atoms with van der Waals surface area (Å²) in [7, 11) is 0. The number of halogens is 1. The van der Waals surface area contributed by atoms with Crippen LogP contribution in [0.2, 0.25) is 0 Å². The Morgan fingerprint density at radius 3 is 2.24 bits per heavy atom. The molecule has 0 aliphatic heterocycles. The first-order valence-corrected chi connectivity index (χ1v) is 10.8. The molecule has 6 heteroatoms. The second kappa shape index (κ2) is 10.6. The van der Waals surface area contributed by atoms with Crippen molar-refractivity contribution in [2.24, 2.45) is 0 Å². The van der Waals surface area contributed by atoms with Crippen molar-refractivity contribution in [3.05, 3.63) is 107 Å². The highest BCUT2D eigenvalue weighted by Gasteiger charge is 2.10. The van der Waals surface area contributed by atoms with E-state index in [4.69, 9.17) is 9.84 Å². The quantitative estimate of drug-likeness (QED) is 0.343. The van der Waals surface area contributed by atoms with Crippen LogP contribution in [-0.2, 0) is 31.0 Å². The summed E-state index contributed by atoms with van der Waals surface area (Å²) in [5.74, 6) is -0.0635. The molecule has 1 N–H and O–H groups in total. The topological polar surface area (TPSA) is 64.3 Å². The predicted molar refractivity (Wildman–Crippen MR) is 125 cm³/mol. The van der Waals surface area contributed by atoms with Crippen molar-refractivity contribution >= 4 is 5.97 Å². The molecule has 0 radical (unpaired) electrons. The number of alkyl halides is 1. The molecule has 0 saturated heterocycles. The number of hydrogen-bond acceptors (Lipinski definition) is 3. The van der Waals surface area contributed by atoms with Gasteiger partial charge in [0.1, 0.15) is 19.0 Å². The van der Waals surface area contributed by atoms with E-state index in [1.54, 1.807) is 6.07 Å². The highest BCUT2D eigenvalue weighted by molar-refractivity contribution is 5.67. The van der Waals surface area contributed by atoms with Gasteiger partial charge in [-0.05, 0) is 46.9 Å². The van der Waals surface area contributed by atoms with E-state index >= 15 is 0 Å². The number of carboxylic acids is 1. The van der Waals surface area contributed by atoms with Crippen LogP contribution in [0.3, 0.4) is 0 Å². The molecule has 3 aromatic carbocycles. The fourth-order valence-electron chi connectivity index (χ4n) is 3.58. The number of rotatable bonds is 10. The van der Waals surface area contributed by atoms with E-state index in [1.165, 1.54) is 0 Å². The maximum Gasteiger partial charge on any atom is 0.303 e. The lowest BCUT2D eigenvalue weighted by molar-refractivity contribution is -0.136. The summed E-state index contributed by atoms with van der Waals surface area (Å²) in [6, 6.07) is 27.2. The maximum absolute atomic E-state index is 13.2. The summed E-state index contributed by atoms with van der Waals surface area (Å²) in [5, 5.41) is 13.2. The number of aromatic nitrogens is 2. The lowest BCUT2D eigenvalue weighted by Crippen LogP contribution is -2.04. The molecule has 0 amide bonds. The molecule has 0 aliphatic carbocycles. The van der Waals surface area contributed by atoms with Gasteiger partial charge in [-0.1, -0.05) is 66.7 Å². The third-order valence-electron chi connectivity index (χ3n) is 5.35. The van der Waals surface area contributed by atoms with Crippen molar-refractivity contribution in [3.8, 4) is 17.0 Å². The van der Waals surface area contributed by atoms with E-state index in [0.717, 1.165) is 33.7 Å². The molecule has 0 atom stereocenters. The Morgan fingerprint density at radius 2 is 1.58 bits per heavy atom. The summed E-state index contributed by atoms with van der Waals surface area (Å²) in [6.07, 6.45) is 0.624. The number of hydrogen-bond donors (Lipinski definition) is 1. The molecule has 0 bridgehead atoms. The highest BCUT2D eigenvalue weighted by atomic mass is 19.1. The second-order valence-corrected chi connectivity index (χ2v) is 7.82. The standard InChI is InChI=1S/C27H25FN2O3/c28-17-24-16-26(23-4-2-1-3-5-23)30(29-24)18-21-6-8-22(9-7-21)19-33-25-13-10-20(11-14-25)12-15-27(31)32/h1-11,13-14,16H,12,15,17-19H2,(H,31,32). The Morgan fingerprint density at radius 1 is 0.909 bits per heavy atom. The van der Waals surface area contributed by atoms with Gasteiger partial charge in [0, 0.05) is 6.42 Å². The van der Waals surface area contributed by atoms with E-state index in [0.29, 0.717) is 25.3 Å². The van der Waals surface area contributed by atoms with E-state index in [-0.39, 0.29) is 6.42 Å². The van der Waals surface area contributed by atoms with Gasteiger partial charge in [-0.2, -0.15) is 5.10 Å². The average Bonchev–Trinajstić information content (AvgIpc) is 3.26. The zero-order chi connectivity index (χ0) is 23.0. The molecular formula is C27H25FN2O3. The smallest absolute Gasteiger partial charge is 0.303 e. The van der Waals surface area contributed by atoms with Crippen LogP contribution in [-0.4, -0.2) is 20.9 Å². The zero-order valence-corrected chi connectivity index (χ0v) is 18.2. The Labute approximate surface area is 192 Å². The van der Waals surface area contributed by atoms with Crippen molar-refractivity contribution in [1.29, 1.82) is 0 Å². The molecule has 168 valence electrons. The van der Waals surface area contributed by atoms with Crippen LogP contribution < -0.4 is 4.74 Å². The van der Waals surface area contributed by atoms with Crippen molar-refractivity contribution in [2.45, 2.75) is 32.7 Å². The Bertz CT molecular complexity index is 1190. The summed E-state index contributed by atoms with van der Waals surface area (Å²) < 4.78 is 20.9. The fraction of sp³-hybridized carbons (Fsp3) is 0.185. The third-order valence-corrected chi connectivity index (χ3v) is 5.35.